The van der Waals surface area contributed by atoms with Gasteiger partial charge in [-0.2, -0.15) is 0 Å². The third-order valence-electron chi connectivity index (χ3n) is 5.07. The highest BCUT2D eigenvalue weighted by Crippen LogP contribution is 2.21. The first-order valence-electron chi connectivity index (χ1n) is 9.94. The molecule has 0 unspecified atom stereocenters. The molecule has 31 heavy (non-hydrogen) atoms. The van der Waals surface area contributed by atoms with E-state index in [1.165, 1.54) is 6.92 Å². The molecule has 0 bridgehead atoms. The summed E-state index contributed by atoms with van der Waals surface area (Å²) in [7, 11) is 0. The Hall–Kier alpha value is -3.94. The lowest BCUT2D eigenvalue weighted by Gasteiger charge is -2.20. The van der Waals surface area contributed by atoms with Crippen LogP contribution in [0.3, 0.4) is 0 Å². The van der Waals surface area contributed by atoms with Gasteiger partial charge in [-0.1, -0.05) is 30.3 Å². The number of aromatic nitrogens is 3. The summed E-state index contributed by atoms with van der Waals surface area (Å²) in [6.07, 6.45) is 1.28. The molecule has 1 amide bonds. The van der Waals surface area contributed by atoms with Crippen molar-refractivity contribution in [2.45, 2.75) is 32.4 Å². The first-order chi connectivity index (χ1) is 14.9. The van der Waals surface area contributed by atoms with Gasteiger partial charge in [-0.05, 0) is 30.7 Å². The molecular weight excluding hydrogens is 396 g/mol. The number of rotatable bonds is 6. The zero-order valence-corrected chi connectivity index (χ0v) is 17.1. The fourth-order valence-corrected chi connectivity index (χ4v) is 3.57. The smallest absolute Gasteiger partial charge is 0.329 e. The van der Waals surface area contributed by atoms with Crippen LogP contribution in [0.1, 0.15) is 31.3 Å². The summed E-state index contributed by atoms with van der Waals surface area (Å²) in [6.45, 7) is 2.97. The van der Waals surface area contributed by atoms with E-state index in [1.807, 2.05) is 30.5 Å². The second-order valence-electron chi connectivity index (χ2n) is 7.36. The Balaban J connectivity index is 1.56. The van der Waals surface area contributed by atoms with E-state index in [4.69, 9.17) is 4.74 Å². The molecule has 0 spiro atoms. The van der Waals surface area contributed by atoms with Crippen molar-refractivity contribution in [2.75, 3.05) is 0 Å². The summed E-state index contributed by atoms with van der Waals surface area (Å²) in [4.78, 5) is 47.2. The van der Waals surface area contributed by atoms with Gasteiger partial charge in [-0.15, -0.1) is 0 Å². The predicted molar refractivity (Wildman–Crippen MR) is 116 cm³/mol. The minimum Gasteiger partial charge on any atom is -0.453 e. The Morgan fingerprint density at radius 3 is 2.58 bits per heavy atom. The van der Waals surface area contributed by atoms with Crippen molar-refractivity contribution in [1.29, 1.82) is 0 Å². The largest absolute Gasteiger partial charge is 0.453 e. The topological polar surface area (TPSA) is 117 Å². The van der Waals surface area contributed by atoms with Crippen LogP contribution in [0, 0.1) is 0 Å². The monoisotopic (exact) mass is 418 g/mol. The number of para-hydroxylation sites is 2. The van der Waals surface area contributed by atoms with Gasteiger partial charge in [-0.3, -0.25) is 9.59 Å². The van der Waals surface area contributed by atoms with Crippen molar-refractivity contribution >= 4 is 33.7 Å². The minimum absolute atomic E-state index is 0.241. The van der Waals surface area contributed by atoms with Crippen molar-refractivity contribution in [2.24, 2.45) is 0 Å². The molecule has 8 nitrogen and oxygen atoms in total. The lowest BCUT2D eigenvalue weighted by Crippen LogP contribution is -2.42. The van der Waals surface area contributed by atoms with Crippen LogP contribution in [0.2, 0.25) is 0 Å². The average molecular weight is 418 g/mol. The van der Waals surface area contributed by atoms with Crippen molar-refractivity contribution in [3.05, 3.63) is 76.5 Å². The van der Waals surface area contributed by atoms with E-state index in [-0.39, 0.29) is 23.7 Å². The Kier molecular flexibility index (Phi) is 5.53. The second kappa shape index (κ2) is 8.43. The highest BCUT2D eigenvalue weighted by Gasteiger charge is 2.26. The zero-order valence-electron chi connectivity index (χ0n) is 17.1. The molecule has 2 atom stereocenters. The number of nitrogens with zero attached hydrogens (tertiary/aromatic N) is 1. The fraction of sp³-hybridized carbons (Fsp3) is 0.217. The van der Waals surface area contributed by atoms with Crippen LogP contribution in [0.25, 0.3) is 21.8 Å². The maximum atomic E-state index is 12.9. The fourth-order valence-electron chi connectivity index (χ4n) is 3.57. The van der Waals surface area contributed by atoms with E-state index < -0.39 is 18.1 Å². The molecule has 2 heterocycles. The minimum atomic E-state index is -0.883. The molecule has 2 aromatic carbocycles. The number of esters is 1. The third-order valence-corrected chi connectivity index (χ3v) is 5.07. The summed E-state index contributed by atoms with van der Waals surface area (Å²) in [5.41, 5.74) is 2.04. The van der Waals surface area contributed by atoms with Gasteiger partial charge in [0.05, 0.1) is 10.9 Å². The van der Waals surface area contributed by atoms with E-state index in [0.29, 0.717) is 10.9 Å². The van der Waals surface area contributed by atoms with Crippen molar-refractivity contribution < 1.29 is 14.3 Å². The number of nitrogens with one attached hydrogen (secondary N) is 3. The SMILES string of the molecule is CC(=O)N[C@@H](Cc1c[nH]c2ccccc12)C(=O)O[C@@H](C)c1nc2ccccc2c(=O)[nH]1. The van der Waals surface area contributed by atoms with E-state index in [9.17, 15) is 14.4 Å². The maximum absolute atomic E-state index is 12.9. The van der Waals surface area contributed by atoms with Crippen LogP contribution in [-0.2, 0) is 20.7 Å². The number of carbonyl (C=O) groups is 2. The summed E-state index contributed by atoms with van der Waals surface area (Å²) in [5, 5.41) is 4.09. The summed E-state index contributed by atoms with van der Waals surface area (Å²) in [6, 6.07) is 13.8. The molecule has 0 aliphatic heterocycles. The van der Waals surface area contributed by atoms with Gasteiger partial charge in [0.15, 0.2) is 11.9 Å². The molecule has 0 fully saturated rings. The van der Waals surface area contributed by atoms with Gasteiger partial charge in [0.2, 0.25) is 5.91 Å². The summed E-state index contributed by atoms with van der Waals surface area (Å²) < 4.78 is 5.57. The molecule has 158 valence electrons. The van der Waals surface area contributed by atoms with E-state index in [2.05, 4.69) is 20.3 Å². The highest BCUT2D eigenvalue weighted by molar-refractivity contribution is 5.87. The van der Waals surface area contributed by atoms with Gasteiger partial charge < -0.3 is 20.0 Å². The first kappa shape index (κ1) is 20.3. The number of hydrogen-bond acceptors (Lipinski definition) is 5. The number of amides is 1. The van der Waals surface area contributed by atoms with Crippen LogP contribution >= 0.6 is 0 Å². The van der Waals surface area contributed by atoms with E-state index in [0.717, 1.165) is 16.5 Å². The molecule has 4 aromatic rings. The van der Waals surface area contributed by atoms with Gasteiger partial charge in [-0.25, -0.2) is 9.78 Å². The molecule has 0 saturated heterocycles. The molecule has 0 saturated carbocycles. The Labute approximate surface area is 177 Å². The number of hydrogen-bond donors (Lipinski definition) is 3. The molecule has 0 aliphatic carbocycles. The third kappa shape index (κ3) is 4.32. The van der Waals surface area contributed by atoms with Crippen molar-refractivity contribution in [3.63, 3.8) is 0 Å². The zero-order chi connectivity index (χ0) is 22.0. The molecule has 8 heteroatoms. The maximum Gasteiger partial charge on any atom is 0.329 e. The lowest BCUT2D eigenvalue weighted by molar-refractivity contribution is -0.152. The van der Waals surface area contributed by atoms with Crippen LogP contribution < -0.4 is 10.9 Å². The quantitative estimate of drug-likeness (QED) is 0.416. The van der Waals surface area contributed by atoms with Gasteiger partial charge >= 0.3 is 5.97 Å². The van der Waals surface area contributed by atoms with Crippen molar-refractivity contribution in [3.8, 4) is 0 Å². The predicted octanol–water partition coefficient (Wildman–Crippen LogP) is 2.76. The van der Waals surface area contributed by atoms with Gasteiger partial charge in [0.1, 0.15) is 6.04 Å². The number of aromatic amines is 2. The number of carbonyl (C=O) groups excluding carboxylic acids is 2. The van der Waals surface area contributed by atoms with Crippen molar-refractivity contribution in [1.82, 2.24) is 20.3 Å². The summed E-state index contributed by atoms with van der Waals surface area (Å²) in [5.74, 6) is -0.707. The standard InChI is InChI=1S/C23H22N4O4/c1-13(21-26-19-10-6-4-8-17(19)22(29)27-21)31-23(30)20(25-14(2)28)11-15-12-24-18-9-5-3-7-16(15)18/h3-10,12-13,20,24H,11H2,1-2H3,(H,25,28)(H,26,27,29)/t13-,20-/m0/s1. The van der Waals surface area contributed by atoms with Gasteiger partial charge in [0, 0.05) is 30.4 Å². The van der Waals surface area contributed by atoms with Crippen LogP contribution in [0.15, 0.2) is 59.5 Å². The van der Waals surface area contributed by atoms with Gasteiger partial charge in [0.25, 0.3) is 5.56 Å². The van der Waals surface area contributed by atoms with Crippen LogP contribution in [0.4, 0.5) is 0 Å². The Morgan fingerprint density at radius 1 is 1.10 bits per heavy atom. The number of benzene rings is 2. The highest BCUT2D eigenvalue weighted by atomic mass is 16.5. The first-order valence-corrected chi connectivity index (χ1v) is 9.94. The molecular formula is C23H22N4O4. The Bertz CT molecular complexity index is 1320. The number of ether oxygens (including phenoxy) is 1. The molecule has 2 aromatic heterocycles. The normalized spacial score (nSPS) is 13.1. The lowest BCUT2D eigenvalue weighted by atomic mass is 10.0. The number of H-pyrrole nitrogens is 2. The van der Waals surface area contributed by atoms with Crippen LogP contribution in [-0.4, -0.2) is 32.9 Å². The van der Waals surface area contributed by atoms with Crippen LogP contribution in [0.5, 0.6) is 0 Å². The molecule has 4 rings (SSSR count). The van der Waals surface area contributed by atoms with E-state index >= 15 is 0 Å². The van der Waals surface area contributed by atoms with E-state index in [1.54, 1.807) is 31.2 Å². The summed E-state index contributed by atoms with van der Waals surface area (Å²) >= 11 is 0. The molecule has 3 N–H and O–H groups in total. The molecule has 0 radical (unpaired) electrons. The molecule has 0 aliphatic rings. The number of fused-ring (bicyclic) bond motifs is 2. The Morgan fingerprint density at radius 2 is 1.81 bits per heavy atom. The second-order valence-corrected chi connectivity index (χ2v) is 7.36. The average Bonchev–Trinajstić information content (AvgIpc) is 3.16.